The summed E-state index contributed by atoms with van der Waals surface area (Å²) in [4.78, 5) is 0. The summed E-state index contributed by atoms with van der Waals surface area (Å²) in [6, 6.07) is 5.73. The second kappa shape index (κ2) is 4.23. The van der Waals surface area contributed by atoms with Gasteiger partial charge in [0.05, 0.1) is 11.9 Å². The molecule has 0 aromatic heterocycles. The lowest BCUT2D eigenvalue weighted by Gasteiger charge is -2.14. The van der Waals surface area contributed by atoms with E-state index in [2.05, 4.69) is 4.72 Å². The molecule has 1 aromatic carbocycles. The highest BCUT2D eigenvalue weighted by Crippen LogP contribution is 2.25. The van der Waals surface area contributed by atoms with Crippen molar-refractivity contribution in [2.45, 2.75) is 26.7 Å². The fraction of sp³-hybridized carbons (Fsp3) is 0.455. The number of nitrogens with one attached hydrogen (secondary N) is 1. The molecule has 1 N–H and O–H groups in total. The quantitative estimate of drug-likeness (QED) is 0.862. The number of hydrogen-bond donors (Lipinski definition) is 1. The lowest BCUT2D eigenvalue weighted by atomic mass is 9.99. The highest BCUT2D eigenvalue weighted by Gasteiger charge is 2.10. The van der Waals surface area contributed by atoms with Crippen LogP contribution in [0.1, 0.15) is 30.9 Å². The zero-order valence-electron chi connectivity index (χ0n) is 9.53. The Bertz CT molecular complexity index is 450. The molecule has 0 unspecified atom stereocenters. The molecule has 4 heteroatoms. The smallest absolute Gasteiger partial charge is 0.229 e. The van der Waals surface area contributed by atoms with Crippen LogP contribution in [0.15, 0.2) is 18.2 Å². The molecule has 0 radical (unpaired) electrons. The van der Waals surface area contributed by atoms with Gasteiger partial charge in [-0.25, -0.2) is 8.42 Å². The molecule has 0 aliphatic rings. The van der Waals surface area contributed by atoms with Crippen molar-refractivity contribution >= 4 is 15.7 Å². The van der Waals surface area contributed by atoms with Gasteiger partial charge in [0.15, 0.2) is 0 Å². The molecular formula is C11H17NO2S. The zero-order chi connectivity index (χ0) is 11.6. The fourth-order valence-corrected chi connectivity index (χ4v) is 2.04. The van der Waals surface area contributed by atoms with E-state index in [0.717, 1.165) is 17.4 Å². The number of benzene rings is 1. The van der Waals surface area contributed by atoms with Crippen LogP contribution in [-0.4, -0.2) is 14.7 Å². The largest absolute Gasteiger partial charge is 0.283 e. The highest BCUT2D eigenvalue weighted by atomic mass is 32.2. The fourth-order valence-electron chi connectivity index (χ4n) is 1.45. The van der Waals surface area contributed by atoms with E-state index in [0.29, 0.717) is 11.6 Å². The van der Waals surface area contributed by atoms with E-state index < -0.39 is 10.0 Å². The summed E-state index contributed by atoms with van der Waals surface area (Å²) in [5.41, 5.74) is 2.84. The number of sulfonamides is 1. The molecule has 0 amide bonds. The van der Waals surface area contributed by atoms with Gasteiger partial charge in [-0.3, -0.25) is 4.72 Å². The minimum atomic E-state index is -3.20. The lowest BCUT2D eigenvalue weighted by molar-refractivity contribution is 0.606. The topological polar surface area (TPSA) is 46.2 Å². The molecule has 0 saturated carbocycles. The molecule has 0 bridgehead atoms. The van der Waals surface area contributed by atoms with Gasteiger partial charge >= 0.3 is 0 Å². The SMILES string of the molecule is Cc1ccc(NS(C)(=O)=O)c(C(C)C)c1. The summed E-state index contributed by atoms with van der Waals surface area (Å²) in [7, 11) is -3.20. The molecule has 0 saturated heterocycles. The van der Waals surface area contributed by atoms with Crippen molar-refractivity contribution in [3.8, 4) is 0 Å². The normalized spacial score (nSPS) is 11.8. The van der Waals surface area contributed by atoms with E-state index in [4.69, 9.17) is 0 Å². The first-order valence-corrected chi connectivity index (χ1v) is 6.77. The van der Waals surface area contributed by atoms with Gasteiger partial charge in [-0.1, -0.05) is 31.5 Å². The standard InChI is InChI=1S/C11H17NO2S/c1-8(2)10-7-9(3)5-6-11(10)12-15(4,13)14/h5-8,12H,1-4H3. The van der Waals surface area contributed by atoms with Gasteiger partial charge in [-0.05, 0) is 24.5 Å². The molecule has 1 rings (SSSR count). The Hall–Kier alpha value is -1.03. The van der Waals surface area contributed by atoms with Gasteiger partial charge in [0, 0.05) is 0 Å². The van der Waals surface area contributed by atoms with Gasteiger partial charge in [0.2, 0.25) is 10.0 Å². The molecule has 15 heavy (non-hydrogen) atoms. The Morgan fingerprint density at radius 2 is 1.87 bits per heavy atom. The van der Waals surface area contributed by atoms with E-state index in [1.807, 2.05) is 39.0 Å². The van der Waals surface area contributed by atoms with Crippen LogP contribution in [0.2, 0.25) is 0 Å². The Morgan fingerprint density at radius 1 is 1.27 bits per heavy atom. The molecule has 0 heterocycles. The maximum Gasteiger partial charge on any atom is 0.229 e. The number of hydrogen-bond acceptors (Lipinski definition) is 2. The Kier molecular flexibility index (Phi) is 3.39. The van der Waals surface area contributed by atoms with Crippen molar-refractivity contribution in [1.82, 2.24) is 0 Å². The van der Waals surface area contributed by atoms with Crippen LogP contribution in [0.4, 0.5) is 5.69 Å². The van der Waals surface area contributed by atoms with Crippen molar-refractivity contribution in [3.05, 3.63) is 29.3 Å². The maximum absolute atomic E-state index is 11.1. The first kappa shape index (κ1) is 12.0. The highest BCUT2D eigenvalue weighted by molar-refractivity contribution is 7.92. The van der Waals surface area contributed by atoms with E-state index in [1.165, 1.54) is 0 Å². The Balaban J connectivity index is 3.18. The van der Waals surface area contributed by atoms with Crippen molar-refractivity contribution < 1.29 is 8.42 Å². The van der Waals surface area contributed by atoms with Crippen LogP contribution in [0.25, 0.3) is 0 Å². The molecule has 3 nitrogen and oxygen atoms in total. The Morgan fingerprint density at radius 3 is 2.33 bits per heavy atom. The second-order valence-electron chi connectivity index (χ2n) is 4.12. The average Bonchev–Trinajstić information content (AvgIpc) is 2.05. The van der Waals surface area contributed by atoms with Crippen molar-refractivity contribution in [3.63, 3.8) is 0 Å². The molecular weight excluding hydrogens is 210 g/mol. The van der Waals surface area contributed by atoms with E-state index >= 15 is 0 Å². The van der Waals surface area contributed by atoms with E-state index in [9.17, 15) is 8.42 Å². The van der Waals surface area contributed by atoms with Gasteiger partial charge in [0.1, 0.15) is 0 Å². The third-order valence-corrected chi connectivity index (χ3v) is 2.72. The summed E-state index contributed by atoms with van der Waals surface area (Å²) < 4.78 is 24.8. The zero-order valence-corrected chi connectivity index (χ0v) is 10.4. The summed E-state index contributed by atoms with van der Waals surface area (Å²) >= 11 is 0. The van der Waals surface area contributed by atoms with E-state index in [1.54, 1.807) is 0 Å². The van der Waals surface area contributed by atoms with Crippen LogP contribution in [0.3, 0.4) is 0 Å². The second-order valence-corrected chi connectivity index (χ2v) is 5.87. The molecule has 0 fully saturated rings. The monoisotopic (exact) mass is 227 g/mol. The summed E-state index contributed by atoms with van der Waals surface area (Å²) in [5, 5.41) is 0. The number of anilines is 1. The third-order valence-electron chi connectivity index (χ3n) is 2.12. The molecule has 0 spiro atoms. The third kappa shape index (κ3) is 3.55. The van der Waals surface area contributed by atoms with Crippen LogP contribution >= 0.6 is 0 Å². The lowest BCUT2D eigenvalue weighted by Crippen LogP contribution is -2.11. The van der Waals surface area contributed by atoms with E-state index in [-0.39, 0.29) is 0 Å². The first-order chi connectivity index (χ1) is 6.79. The van der Waals surface area contributed by atoms with Crippen molar-refractivity contribution in [2.75, 3.05) is 11.0 Å². The van der Waals surface area contributed by atoms with Gasteiger partial charge in [0.25, 0.3) is 0 Å². The summed E-state index contributed by atoms with van der Waals surface area (Å²) in [6.45, 7) is 6.08. The molecule has 0 aliphatic carbocycles. The van der Waals surface area contributed by atoms with Gasteiger partial charge in [-0.15, -0.1) is 0 Å². The summed E-state index contributed by atoms with van der Waals surface area (Å²) in [6.07, 6.45) is 1.16. The van der Waals surface area contributed by atoms with Crippen LogP contribution < -0.4 is 4.72 Å². The first-order valence-electron chi connectivity index (χ1n) is 4.88. The number of aryl methyl sites for hydroxylation is 1. The van der Waals surface area contributed by atoms with Crippen LogP contribution in [-0.2, 0) is 10.0 Å². The van der Waals surface area contributed by atoms with Crippen molar-refractivity contribution in [2.24, 2.45) is 0 Å². The van der Waals surface area contributed by atoms with Crippen LogP contribution in [0, 0.1) is 6.92 Å². The van der Waals surface area contributed by atoms with Crippen LogP contribution in [0.5, 0.6) is 0 Å². The maximum atomic E-state index is 11.1. The predicted molar refractivity (Wildman–Crippen MR) is 63.7 cm³/mol. The molecule has 0 atom stereocenters. The minimum absolute atomic E-state index is 0.300. The average molecular weight is 227 g/mol. The number of rotatable bonds is 3. The van der Waals surface area contributed by atoms with Gasteiger partial charge in [-0.2, -0.15) is 0 Å². The minimum Gasteiger partial charge on any atom is -0.283 e. The Labute approximate surface area is 91.6 Å². The molecule has 84 valence electrons. The van der Waals surface area contributed by atoms with Crippen molar-refractivity contribution in [1.29, 1.82) is 0 Å². The summed E-state index contributed by atoms with van der Waals surface area (Å²) in [5.74, 6) is 0.300. The predicted octanol–water partition coefficient (Wildman–Crippen LogP) is 2.49. The van der Waals surface area contributed by atoms with Gasteiger partial charge < -0.3 is 0 Å². The molecule has 0 aliphatic heterocycles. The molecule has 1 aromatic rings.